The largest absolute Gasteiger partial charge is 0.413 e. The summed E-state index contributed by atoms with van der Waals surface area (Å²) in [5.41, 5.74) is 7.32. The van der Waals surface area contributed by atoms with E-state index < -0.39 is 0 Å². The van der Waals surface area contributed by atoms with Gasteiger partial charge in [-0.3, -0.25) is 0 Å². The second-order valence-corrected chi connectivity index (χ2v) is 7.76. The number of nitrogens with zero attached hydrogens (tertiary/aromatic N) is 1. The third-order valence-corrected chi connectivity index (χ3v) is 4.80. The summed E-state index contributed by atoms with van der Waals surface area (Å²) < 4.78 is 6.31. The van der Waals surface area contributed by atoms with Crippen LogP contribution in [0.3, 0.4) is 0 Å². The van der Waals surface area contributed by atoms with E-state index in [4.69, 9.17) is 33.6 Å². The van der Waals surface area contributed by atoms with Gasteiger partial charge in [-0.1, -0.05) is 43.0 Å². The van der Waals surface area contributed by atoms with Gasteiger partial charge in [0.25, 0.3) is 0 Å². The molecule has 1 aliphatic rings. The van der Waals surface area contributed by atoms with Gasteiger partial charge in [-0.2, -0.15) is 0 Å². The number of hydrogen-bond acceptors (Lipinski definition) is 3. The van der Waals surface area contributed by atoms with Gasteiger partial charge >= 0.3 is 7.05 Å². The van der Waals surface area contributed by atoms with Crippen LogP contribution in [0.15, 0.2) is 12.1 Å². The Kier molecular flexibility index (Phi) is 5.71. The summed E-state index contributed by atoms with van der Waals surface area (Å²) in [4.78, 5) is 2.42. The SMILES string of the molecule is CCCCB1OC(c2cc(Cl)c(N)c(Cl)c2)CN1C(C)(C)C. The van der Waals surface area contributed by atoms with Crippen molar-refractivity contribution in [2.24, 2.45) is 0 Å². The zero-order valence-corrected chi connectivity index (χ0v) is 15.3. The molecule has 22 heavy (non-hydrogen) atoms. The van der Waals surface area contributed by atoms with Crippen molar-refractivity contribution in [1.29, 1.82) is 0 Å². The number of benzene rings is 1. The topological polar surface area (TPSA) is 38.5 Å². The zero-order valence-electron chi connectivity index (χ0n) is 13.8. The Morgan fingerprint density at radius 2 is 1.91 bits per heavy atom. The van der Waals surface area contributed by atoms with Crippen molar-refractivity contribution in [3.05, 3.63) is 27.7 Å². The minimum absolute atomic E-state index is 0.0170. The Morgan fingerprint density at radius 3 is 2.41 bits per heavy atom. The molecule has 1 atom stereocenters. The molecule has 1 saturated heterocycles. The number of nitrogen functional groups attached to an aromatic ring is 1. The maximum absolute atomic E-state index is 6.31. The predicted octanol–water partition coefficient (Wildman–Crippen LogP) is 5.04. The monoisotopic (exact) mass is 342 g/mol. The van der Waals surface area contributed by atoms with E-state index in [-0.39, 0.29) is 18.7 Å². The molecule has 0 saturated carbocycles. The van der Waals surface area contributed by atoms with E-state index in [1.165, 1.54) is 6.42 Å². The molecule has 3 nitrogen and oxygen atoms in total. The molecule has 1 aromatic rings. The summed E-state index contributed by atoms with van der Waals surface area (Å²) in [6.45, 7) is 9.71. The number of hydrogen-bond donors (Lipinski definition) is 1. The van der Waals surface area contributed by atoms with Crippen molar-refractivity contribution in [1.82, 2.24) is 4.81 Å². The van der Waals surface area contributed by atoms with Crippen molar-refractivity contribution in [2.45, 2.75) is 58.5 Å². The van der Waals surface area contributed by atoms with Crippen LogP contribution in [-0.4, -0.2) is 23.9 Å². The van der Waals surface area contributed by atoms with E-state index in [2.05, 4.69) is 32.5 Å². The Balaban J connectivity index is 2.23. The van der Waals surface area contributed by atoms with Crippen molar-refractivity contribution in [3.63, 3.8) is 0 Å². The lowest BCUT2D eigenvalue weighted by Gasteiger charge is -2.34. The van der Waals surface area contributed by atoms with Gasteiger partial charge in [0.05, 0.1) is 21.8 Å². The fourth-order valence-electron chi connectivity index (χ4n) is 2.88. The summed E-state index contributed by atoms with van der Waals surface area (Å²) in [5.74, 6) is 0. The first-order chi connectivity index (χ1) is 10.2. The molecule has 1 heterocycles. The lowest BCUT2D eigenvalue weighted by Crippen LogP contribution is -2.47. The smallest absolute Gasteiger partial charge is 0.383 e. The summed E-state index contributed by atoms with van der Waals surface area (Å²) in [5, 5.41) is 0.982. The molecule has 0 aliphatic carbocycles. The second-order valence-electron chi connectivity index (χ2n) is 6.94. The molecule has 0 radical (unpaired) electrons. The van der Waals surface area contributed by atoms with E-state index in [0.29, 0.717) is 15.7 Å². The molecule has 6 heteroatoms. The Morgan fingerprint density at radius 1 is 1.32 bits per heavy atom. The van der Waals surface area contributed by atoms with Crippen LogP contribution >= 0.6 is 23.2 Å². The van der Waals surface area contributed by atoms with Crippen molar-refractivity contribution in [3.8, 4) is 0 Å². The highest BCUT2D eigenvalue weighted by molar-refractivity contribution is 6.49. The molecule has 1 unspecified atom stereocenters. The van der Waals surface area contributed by atoms with Crippen molar-refractivity contribution in [2.75, 3.05) is 12.3 Å². The number of unbranched alkanes of at least 4 members (excludes halogenated alkanes) is 1. The Bertz CT molecular complexity index is 510. The molecule has 0 bridgehead atoms. The zero-order chi connectivity index (χ0) is 16.5. The van der Waals surface area contributed by atoms with Crippen LogP contribution < -0.4 is 5.73 Å². The Hall–Kier alpha value is -0.415. The van der Waals surface area contributed by atoms with Crippen molar-refractivity contribution >= 4 is 35.9 Å². The fraction of sp³-hybridized carbons (Fsp3) is 0.625. The molecule has 1 aromatic carbocycles. The molecular weight excluding hydrogens is 318 g/mol. The van der Waals surface area contributed by atoms with Crippen LogP contribution in [0, 0.1) is 0 Å². The number of anilines is 1. The molecule has 2 N–H and O–H groups in total. The molecule has 0 spiro atoms. The highest BCUT2D eigenvalue weighted by atomic mass is 35.5. The lowest BCUT2D eigenvalue weighted by atomic mass is 9.72. The average molecular weight is 343 g/mol. The quantitative estimate of drug-likeness (QED) is 0.615. The summed E-state index contributed by atoms with van der Waals surface area (Å²) in [7, 11) is 0.139. The van der Waals surface area contributed by atoms with Gasteiger partial charge < -0.3 is 15.2 Å². The molecule has 122 valence electrons. The highest BCUT2D eigenvalue weighted by Crippen LogP contribution is 2.38. The molecule has 2 rings (SSSR count). The summed E-state index contributed by atoms with van der Waals surface area (Å²) >= 11 is 12.3. The van der Waals surface area contributed by atoms with E-state index >= 15 is 0 Å². The Labute approximate surface area is 144 Å². The number of rotatable bonds is 4. The number of halogens is 2. The minimum atomic E-state index is -0.0170. The molecule has 0 aromatic heterocycles. The molecule has 1 aliphatic heterocycles. The van der Waals surface area contributed by atoms with E-state index in [0.717, 1.165) is 24.8 Å². The average Bonchev–Trinajstić information content (AvgIpc) is 2.86. The minimum Gasteiger partial charge on any atom is -0.413 e. The van der Waals surface area contributed by atoms with Crippen LogP contribution in [0.4, 0.5) is 5.69 Å². The van der Waals surface area contributed by atoms with Gasteiger partial charge in [0, 0.05) is 12.1 Å². The van der Waals surface area contributed by atoms with E-state index in [1.807, 2.05) is 12.1 Å². The van der Waals surface area contributed by atoms with Gasteiger partial charge in [0.2, 0.25) is 0 Å². The first-order valence-corrected chi connectivity index (χ1v) is 8.66. The fourth-order valence-corrected chi connectivity index (χ4v) is 3.39. The van der Waals surface area contributed by atoms with Gasteiger partial charge in [-0.25, -0.2) is 0 Å². The van der Waals surface area contributed by atoms with Crippen molar-refractivity contribution < 1.29 is 4.65 Å². The standard InChI is InChI=1S/C16H25BCl2N2O/c1-5-6-7-17-21(16(2,3)4)10-14(22-17)11-8-12(18)15(20)13(19)9-11/h8-9,14H,5-7,10,20H2,1-4H3. The van der Waals surface area contributed by atoms with E-state index in [1.54, 1.807) is 0 Å². The third kappa shape index (κ3) is 3.91. The summed E-state index contributed by atoms with van der Waals surface area (Å²) in [6.07, 6.45) is 3.35. The predicted molar refractivity (Wildman–Crippen MR) is 96.6 cm³/mol. The highest BCUT2D eigenvalue weighted by Gasteiger charge is 2.42. The van der Waals surface area contributed by atoms with Gasteiger partial charge in [0.1, 0.15) is 0 Å². The number of nitrogens with two attached hydrogens (primary N) is 1. The first kappa shape index (κ1) is 17.9. The van der Waals surface area contributed by atoms with Gasteiger partial charge in [-0.05, 0) is 44.8 Å². The molecular formula is C16H25BCl2N2O. The van der Waals surface area contributed by atoms with Gasteiger partial charge in [-0.15, -0.1) is 0 Å². The van der Waals surface area contributed by atoms with E-state index in [9.17, 15) is 0 Å². The van der Waals surface area contributed by atoms with Crippen LogP contribution in [0.2, 0.25) is 16.4 Å². The molecule has 1 fully saturated rings. The van der Waals surface area contributed by atoms with Gasteiger partial charge in [0.15, 0.2) is 0 Å². The normalized spacial score (nSPS) is 19.9. The van der Waals surface area contributed by atoms with Crippen LogP contribution in [0.1, 0.15) is 52.2 Å². The lowest BCUT2D eigenvalue weighted by molar-refractivity contribution is 0.230. The molecule has 0 amide bonds. The maximum atomic E-state index is 6.31. The summed E-state index contributed by atoms with van der Waals surface area (Å²) in [6, 6.07) is 3.74. The first-order valence-electron chi connectivity index (χ1n) is 7.90. The third-order valence-electron chi connectivity index (χ3n) is 4.17. The van der Waals surface area contributed by atoms with Crippen LogP contribution in [0.25, 0.3) is 0 Å². The van der Waals surface area contributed by atoms with Crippen LogP contribution in [-0.2, 0) is 4.65 Å². The van der Waals surface area contributed by atoms with Crippen LogP contribution in [0.5, 0.6) is 0 Å². The second kappa shape index (κ2) is 7.00. The maximum Gasteiger partial charge on any atom is 0.383 e.